The van der Waals surface area contributed by atoms with Gasteiger partial charge in [0.15, 0.2) is 5.78 Å². The first-order valence-corrected chi connectivity index (χ1v) is 4.91. The summed E-state index contributed by atoms with van der Waals surface area (Å²) in [6.45, 7) is 3.71. The van der Waals surface area contributed by atoms with Crippen molar-refractivity contribution in [1.29, 1.82) is 0 Å². The Bertz CT molecular complexity index is 415. The van der Waals surface area contributed by atoms with Gasteiger partial charge in [-0.1, -0.05) is 36.9 Å². The fraction of sp³-hybridized carbons (Fsp3) is 0.154. The van der Waals surface area contributed by atoms with Crippen molar-refractivity contribution in [2.45, 2.75) is 12.8 Å². The number of carbonyl (C=O) groups is 1. The van der Waals surface area contributed by atoms with Crippen molar-refractivity contribution in [2.75, 3.05) is 0 Å². The van der Waals surface area contributed by atoms with Crippen molar-refractivity contribution in [1.82, 2.24) is 0 Å². The molecule has 1 aromatic rings. The number of hydrogen-bond donors (Lipinski definition) is 0. The highest BCUT2D eigenvalue weighted by atomic mass is 16.5. The van der Waals surface area contributed by atoms with Gasteiger partial charge in [-0.2, -0.15) is 0 Å². The number of carbonyl (C=O) groups excluding carboxylic acids is 1. The van der Waals surface area contributed by atoms with Gasteiger partial charge < -0.3 is 4.74 Å². The lowest BCUT2D eigenvalue weighted by Gasteiger charge is -1.98. The van der Waals surface area contributed by atoms with E-state index in [-0.39, 0.29) is 5.78 Å². The van der Waals surface area contributed by atoms with E-state index in [4.69, 9.17) is 4.74 Å². The average Bonchev–Trinajstić information content (AvgIpc) is 2.65. The second-order valence-corrected chi connectivity index (χ2v) is 3.48. The van der Waals surface area contributed by atoms with Gasteiger partial charge in [0.05, 0.1) is 5.76 Å². The second kappa shape index (κ2) is 4.13. The molecule has 0 aromatic heterocycles. The quantitative estimate of drug-likeness (QED) is 0.541. The Morgan fingerprint density at radius 2 is 2.00 bits per heavy atom. The first kappa shape index (κ1) is 9.71. The number of benzene rings is 1. The summed E-state index contributed by atoms with van der Waals surface area (Å²) in [7, 11) is 0. The fourth-order valence-electron chi connectivity index (χ4n) is 1.48. The van der Waals surface area contributed by atoms with Crippen molar-refractivity contribution < 1.29 is 9.53 Å². The molecular formula is C13H12O2. The normalized spacial score (nSPS) is 17.9. The highest BCUT2D eigenvalue weighted by Crippen LogP contribution is 2.24. The van der Waals surface area contributed by atoms with Gasteiger partial charge in [-0.25, -0.2) is 0 Å². The van der Waals surface area contributed by atoms with Gasteiger partial charge in [0, 0.05) is 24.5 Å². The predicted molar refractivity (Wildman–Crippen MR) is 58.3 cm³/mol. The van der Waals surface area contributed by atoms with Gasteiger partial charge >= 0.3 is 0 Å². The molecule has 0 unspecified atom stereocenters. The molecule has 0 aliphatic carbocycles. The first-order valence-electron chi connectivity index (χ1n) is 4.91. The molecule has 1 aliphatic heterocycles. The first-order chi connectivity index (χ1) is 7.25. The molecule has 0 amide bonds. The maximum absolute atomic E-state index is 11.7. The number of allylic oxidation sites excluding steroid dienone is 3. The van der Waals surface area contributed by atoms with Crippen LogP contribution in [0.2, 0.25) is 0 Å². The molecule has 0 N–H and O–H groups in total. The highest BCUT2D eigenvalue weighted by molar-refractivity contribution is 6.04. The molecule has 1 aliphatic rings. The van der Waals surface area contributed by atoms with Crippen LogP contribution in [0, 0.1) is 0 Å². The van der Waals surface area contributed by atoms with E-state index in [1.165, 1.54) is 0 Å². The monoisotopic (exact) mass is 200 g/mol. The van der Waals surface area contributed by atoms with Crippen LogP contribution in [0.1, 0.15) is 23.2 Å². The maximum Gasteiger partial charge on any atom is 0.189 e. The average molecular weight is 200 g/mol. The summed E-state index contributed by atoms with van der Waals surface area (Å²) < 4.78 is 5.30. The van der Waals surface area contributed by atoms with E-state index in [2.05, 4.69) is 6.58 Å². The van der Waals surface area contributed by atoms with Crippen molar-refractivity contribution in [3.8, 4) is 0 Å². The van der Waals surface area contributed by atoms with Crippen LogP contribution in [0.15, 0.2) is 54.5 Å². The van der Waals surface area contributed by atoms with E-state index < -0.39 is 0 Å². The van der Waals surface area contributed by atoms with Gasteiger partial charge in [-0.15, -0.1) is 0 Å². The summed E-state index contributed by atoms with van der Waals surface area (Å²) in [5.74, 6) is 1.44. The zero-order chi connectivity index (χ0) is 10.7. The van der Waals surface area contributed by atoms with Gasteiger partial charge in [-0.05, 0) is 0 Å². The van der Waals surface area contributed by atoms with Gasteiger partial charge in [0.2, 0.25) is 0 Å². The lowest BCUT2D eigenvalue weighted by Crippen LogP contribution is -1.95. The van der Waals surface area contributed by atoms with Crippen LogP contribution in [0.25, 0.3) is 0 Å². The zero-order valence-corrected chi connectivity index (χ0v) is 8.40. The lowest BCUT2D eigenvalue weighted by atomic mass is 10.1. The van der Waals surface area contributed by atoms with E-state index in [1.54, 1.807) is 18.2 Å². The molecule has 76 valence electrons. The Morgan fingerprint density at radius 3 is 2.60 bits per heavy atom. The van der Waals surface area contributed by atoms with Crippen LogP contribution >= 0.6 is 0 Å². The SMILES string of the molecule is C=C1CC/C(=C/C(=O)c2ccccc2)O1. The summed E-state index contributed by atoms with van der Waals surface area (Å²) in [6, 6.07) is 9.17. The number of ketones is 1. The Morgan fingerprint density at radius 1 is 1.27 bits per heavy atom. The molecule has 0 spiro atoms. The molecule has 2 nitrogen and oxygen atoms in total. The van der Waals surface area contributed by atoms with E-state index in [1.807, 2.05) is 18.2 Å². The minimum absolute atomic E-state index is 0.0136. The third-order valence-electron chi connectivity index (χ3n) is 2.28. The highest BCUT2D eigenvalue weighted by Gasteiger charge is 2.13. The van der Waals surface area contributed by atoms with Crippen LogP contribution in [-0.2, 0) is 4.74 Å². The van der Waals surface area contributed by atoms with Crippen LogP contribution in [0.4, 0.5) is 0 Å². The Kier molecular flexibility index (Phi) is 2.68. The Balaban J connectivity index is 2.13. The molecule has 2 rings (SSSR count). The largest absolute Gasteiger partial charge is 0.467 e. The maximum atomic E-state index is 11.7. The van der Waals surface area contributed by atoms with Crippen LogP contribution in [0.5, 0.6) is 0 Å². The van der Waals surface area contributed by atoms with E-state index in [0.717, 1.165) is 18.6 Å². The van der Waals surface area contributed by atoms with E-state index >= 15 is 0 Å². The molecule has 0 radical (unpaired) electrons. The summed E-state index contributed by atoms with van der Waals surface area (Å²) in [4.78, 5) is 11.7. The van der Waals surface area contributed by atoms with Gasteiger partial charge in [-0.3, -0.25) is 4.79 Å². The number of rotatable bonds is 2. The Hall–Kier alpha value is -1.83. The molecule has 0 atom stereocenters. The fourth-order valence-corrected chi connectivity index (χ4v) is 1.48. The molecule has 1 saturated heterocycles. The van der Waals surface area contributed by atoms with Crippen LogP contribution in [0.3, 0.4) is 0 Å². The summed E-state index contributed by atoms with van der Waals surface area (Å²) in [5.41, 5.74) is 0.686. The standard InChI is InChI=1S/C13H12O2/c1-10-7-8-12(15-10)9-13(14)11-5-3-2-4-6-11/h2-6,9H,1,7-8H2/b12-9-. The molecule has 2 heteroatoms. The van der Waals surface area contributed by atoms with Crippen molar-refractivity contribution in [3.63, 3.8) is 0 Å². The molecule has 1 aromatic carbocycles. The third kappa shape index (κ3) is 2.34. The molecule has 1 heterocycles. The molecule has 1 fully saturated rings. The Labute approximate surface area is 88.9 Å². The molecular weight excluding hydrogens is 188 g/mol. The second-order valence-electron chi connectivity index (χ2n) is 3.48. The van der Waals surface area contributed by atoms with Crippen molar-refractivity contribution >= 4 is 5.78 Å². The lowest BCUT2D eigenvalue weighted by molar-refractivity contribution is 0.104. The van der Waals surface area contributed by atoms with E-state index in [9.17, 15) is 4.79 Å². The summed E-state index contributed by atoms with van der Waals surface area (Å²) >= 11 is 0. The topological polar surface area (TPSA) is 26.3 Å². The van der Waals surface area contributed by atoms with Gasteiger partial charge in [0.1, 0.15) is 5.76 Å². The van der Waals surface area contributed by atoms with Crippen molar-refractivity contribution in [2.24, 2.45) is 0 Å². The van der Waals surface area contributed by atoms with Gasteiger partial charge in [0.25, 0.3) is 0 Å². The zero-order valence-electron chi connectivity index (χ0n) is 8.40. The minimum atomic E-state index is -0.0136. The summed E-state index contributed by atoms with van der Waals surface area (Å²) in [5, 5.41) is 0. The smallest absolute Gasteiger partial charge is 0.189 e. The van der Waals surface area contributed by atoms with Crippen LogP contribution in [-0.4, -0.2) is 5.78 Å². The predicted octanol–water partition coefficient (Wildman–Crippen LogP) is 3.08. The third-order valence-corrected chi connectivity index (χ3v) is 2.28. The van der Waals surface area contributed by atoms with E-state index in [0.29, 0.717) is 11.3 Å². The number of ether oxygens (including phenoxy) is 1. The van der Waals surface area contributed by atoms with Crippen LogP contribution < -0.4 is 0 Å². The van der Waals surface area contributed by atoms with Crippen molar-refractivity contribution in [3.05, 3.63) is 60.1 Å². The molecule has 0 saturated carbocycles. The number of hydrogen-bond acceptors (Lipinski definition) is 2. The molecule has 0 bridgehead atoms. The summed E-state index contributed by atoms with van der Waals surface area (Å²) in [6.07, 6.45) is 3.14. The molecule has 15 heavy (non-hydrogen) atoms. The minimum Gasteiger partial charge on any atom is -0.467 e.